The third-order valence-electron chi connectivity index (χ3n) is 4.63. The number of aromatic nitrogens is 1. The lowest BCUT2D eigenvalue weighted by Gasteiger charge is -2.29. The normalized spacial score (nSPS) is 20.2. The molecule has 1 saturated carbocycles. The summed E-state index contributed by atoms with van der Waals surface area (Å²) < 4.78 is 0. The minimum atomic E-state index is -0.138. The molecule has 2 amide bonds. The van der Waals surface area contributed by atoms with Crippen LogP contribution in [0.5, 0.6) is 0 Å². The number of pyridine rings is 1. The predicted octanol–water partition coefficient (Wildman–Crippen LogP) is 1.74. The fourth-order valence-corrected chi connectivity index (χ4v) is 3.26. The molecule has 2 aromatic rings. The third kappa shape index (κ3) is 4.54. The number of carbonyl (C=O) groups excluding carboxylic acids is 2. The van der Waals surface area contributed by atoms with Crippen LogP contribution < -0.4 is 16.4 Å². The van der Waals surface area contributed by atoms with E-state index in [-0.39, 0.29) is 23.9 Å². The molecular formula is C19H24N4O2. The van der Waals surface area contributed by atoms with Crippen molar-refractivity contribution in [3.8, 4) is 0 Å². The Hall–Kier alpha value is -2.47. The number of benzene rings is 1. The second-order valence-electron chi connectivity index (χ2n) is 6.52. The summed E-state index contributed by atoms with van der Waals surface area (Å²) in [5.74, 6) is -0.128. The maximum atomic E-state index is 12.4. The Morgan fingerprint density at radius 2 is 1.68 bits per heavy atom. The van der Waals surface area contributed by atoms with E-state index in [1.807, 2.05) is 30.3 Å². The summed E-state index contributed by atoms with van der Waals surface area (Å²) in [5.41, 5.74) is 6.65. The Balaban J connectivity index is 1.52. The molecule has 0 aliphatic heterocycles. The van der Waals surface area contributed by atoms with Crippen molar-refractivity contribution in [1.82, 2.24) is 15.6 Å². The van der Waals surface area contributed by atoms with Gasteiger partial charge in [0.25, 0.3) is 5.91 Å². The molecule has 0 radical (unpaired) electrons. The number of fused-ring (bicyclic) bond motifs is 1. The van der Waals surface area contributed by atoms with Gasteiger partial charge in [-0.1, -0.05) is 24.3 Å². The molecule has 132 valence electrons. The third-order valence-corrected chi connectivity index (χ3v) is 4.63. The van der Waals surface area contributed by atoms with Crippen molar-refractivity contribution in [2.75, 3.05) is 6.54 Å². The van der Waals surface area contributed by atoms with Gasteiger partial charge in [-0.3, -0.25) is 9.59 Å². The van der Waals surface area contributed by atoms with Crippen molar-refractivity contribution in [2.24, 2.45) is 5.73 Å². The van der Waals surface area contributed by atoms with Gasteiger partial charge in [-0.05, 0) is 37.8 Å². The number of nitrogens with one attached hydrogen (secondary N) is 2. The quantitative estimate of drug-likeness (QED) is 0.772. The zero-order chi connectivity index (χ0) is 17.6. The molecule has 25 heavy (non-hydrogen) atoms. The highest BCUT2D eigenvalue weighted by molar-refractivity contribution is 5.95. The van der Waals surface area contributed by atoms with Gasteiger partial charge in [-0.15, -0.1) is 0 Å². The second-order valence-corrected chi connectivity index (χ2v) is 6.52. The standard InChI is InChI=1S/C19H24N4O2/c20-12-11-18(24)21-14-6-8-15(9-7-14)22-19(25)17-10-5-13-3-1-2-4-16(13)23-17/h1-5,10,14-15H,6-9,11-12,20H2,(H,21,24)(H,22,25)/t14-,15-. The summed E-state index contributed by atoms with van der Waals surface area (Å²) in [6.07, 6.45) is 3.81. The van der Waals surface area contributed by atoms with Gasteiger partial charge in [0.15, 0.2) is 0 Å². The predicted molar refractivity (Wildman–Crippen MR) is 97.1 cm³/mol. The molecule has 1 heterocycles. The smallest absolute Gasteiger partial charge is 0.270 e. The molecule has 0 atom stereocenters. The molecule has 6 nitrogen and oxygen atoms in total. The Morgan fingerprint density at radius 3 is 2.40 bits per heavy atom. The van der Waals surface area contributed by atoms with E-state index in [1.54, 1.807) is 6.07 Å². The highest BCUT2D eigenvalue weighted by atomic mass is 16.2. The largest absolute Gasteiger partial charge is 0.353 e. The highest BCUT2D eigenvalue weighted by Crippen LogP contribution is 2.19. The Morgan fingerprint density at radius 1 is 1.00 bits per heavy atom. The van der Waals surface area contributed by atoms with Gasteiger partial charge < -0.3 is 16.4 Å². The van der Waals surface area contributed by atoms with Crippen LogP contribution in [0, 0.1) is 0 Å². The van der Waals surface area contributed by atoms with Crippen molar-refractivity contribution in [3.63, 3.8) is 0 Å². The van der Waals surface area contributed by atoms with Gasteiger partial charge in [-0.25, -0.2) is 4.98 Å². The number of carbonyl (C=O) groups is 2. The zero-order valence-corrected chi connectivity index (χ0v) is 14.2. The van der Waals surface area contributed by atoms with E-state index in [0.717, 1.165) is 36.6 Å². The lowest BCUT2D eigenvalue weighted by molar-refractivity contribution is -0.121. The first-order valence-electron chi connectivity index (χ1n) is 8.82. The second kappa shape index (κ2) is 8.07. The first-order chi connectivity index (χ1) is 12.2. The maximum Gasteiger partial charge on any atom is 0.270 e. The van der Waals surface area contributed by atoms with E-state index in [9.17, 15) is 9.59 Å². The maximum absolute atomic E-state index is 12.4. The van der Waals surface area contributed by atoms with Crippen LogP contribution >= 0.6 is 0 Å². The minimum absolute atomic E-state index is 0.00958. The van der Waals surface area contributed by atoms with Crippen molar-refractivity contribution >= 4 is 22.7 Å². The fraction of sp³-hybridized carbons (Fsp3) is 0.421. The average Bonchev–Trinajstić information content (AvgIpc) is 2.63. The van der Waals surface area contributed by atoms with Crippen LogP contribution in [-0.4, -0.2) is 35.4 Å². The van der Waals surface area contributed by atoms with Gasteiger partial charge in [0, 0.05) is 30.4 Å². The molecule has 1 aromatic heterocycles. The van der Waals surface area contributed by atoms with E-state index in [2.05, 4.69) is 15.6 Å². The monoisotopic (exact) mass is 340 g/mol. The Bertz CT molecular complexity index is 754. The van der Waals surface area contributed by atoms with Crippen LogP contribution in [0.4, 0.5) is 0 Å². The summed E-state index contributed by atoms with van der Waals surface area (Å²) in [4.78, 5) is 28.5. The average molecular weight is 340 g/mol. The van der Waals surface area contributed by atoms with Gasteiger partial charge in [0.05, 0.1) is 5.52 Å². The Kier molecular flexibility index (Phi) is 5.60. The van der Waals surface area contributed by atoms with Crippen LogP contribution in [0.3, 0.4) is 0 Å². The molecular weight excluding hydrogens is 316 g/mol. The number of hydrogen-bond donors (Lipinski definition) is 3. The molecule has 0 spiro atoms. The summed E-state index contributed by atoms with van der Waals surface area (Å²) in [5, 5.41) is 7.09. The summed E-state index contributed by atoms with van der Waals surface area (Å²) in [6.45, 7) is 0.371. The van der Waals surface area contributed by atoms with Gasteiger partial charge >= 0.3 is 0 Å². The van der Waals surface area contributed by atoms with Crippen molar-refractivity contribution in [2.45, 2.75) is 44.2 Å². The lowest BCUT2D eigenvalue weighted by Crippen LogP contribution is -2.44. The zero-order valence-electron chi connectivity index (χ0n) is 14.2. The number of nitrogens with two attached hydrogens (primary N) is 1. The molecule has 1 fully saturated rings. The van der Waals surface area contributed by atoms with E-state index in [4.69, 9.17) is 5.73 Å². The number of para-hydroxylation sites is 1. The molecule has 1 aliphatic carbocycles. The molecule has 0 bridgehead atoms. The molecule has 4 N–H and O–H groups in total. The summed E-state index contributed by atoms with van der Waals surface area (Å²) in [6, 6.07) is 11.7. The molecule has 6 heteroatoms. The molecule has 0 saturated heterocycles. The summed E-state index contributed by atoms with van der Waals surface area (Å²) in [7, 11) is 0. The first kappa shape index (κ1) is 17.4. The van der Waals surface area contributed by atoms with Crippen molar-refractivity contribution < 1.29 is 9.59 Å². The fourth-order valence-electron chi connectivity index (χ4n) is 3.26. The molecule has 0 unspecified atom stereocenters. The van der Waals surface area contributed by atoms with E-state index in [0.29, 0.717) is 18.7 Å². The van der Waals surface area contributed by atoms with Crippen LogP contribution in [-0.2, 0) is 4.79 Å². The SMILES string of the molecule is NCCC(=O)N[C@H]1CC[C@H](NC(=O)c2ccc3ccccc3n2)CC1. The van der Waals surface area contributed by atoms with Crippen LogP contribution in [0.25, 0.3) is 10.9 Å². The van der Waals surface area contributed by atoms with Gasteiger partial charge in [0.1, 0.15) is 5.69 Å². The number of rotatable bonds is 5. The van der Waals surface area contributed by atoms with Crippen molar-refractivity contribution in [1.29, 1.82) is 0 Å². The topological polar surface area (TPSA) is 97.1 Å². The number of nitrogens with zero attached hydrogens (tertiary/aromatic N) is 1. The first-order valence-corrected chi connectivity index (χ1v) is 8.82. The van der Waals surface area contributed by atoms with Crippen LogP contribution in [0.1, 0.15) is 42.6 Å². The van der Waals surface area contributed by atoms with Gasteiger partial charge in [0.2, 0.25) is 5.91 Å². The van der Waals surface area contributed by atoms with E-state index in [1.165, 1.54) is 0 Å². The van der Waals surface area contributed by atoms with Crippen molar-refractivity contribution in [3.05, 3.63) is 42.1 Å². The lowest BCUT2D eigenvalue weighted by atomic mass is 9.91. The molecule has 1 aliphatic rings. The number of amides is 2. The van der Waals surface area contributed by atoms with Gasteiger partial charge in [-0.2, -0.15) is 0 Å². The molecule has 3 rings (SSSR count). The van der Waals surface area contributed by atoms with E-state index < -0.39 is 0 Å². The number of hydrogen-bond acceptors (Lipinski definition) is 4. The van der Waals surface area contributed by atoms with E-state index >= 15 is 0 Å². The summed E-state index contributed by atoms with van der Waals surface area (Å²) >= 11 is 0. The Labute approximate surface area is 147 Å². The minimum Gasteiger partial charge on any atom is -0.353 e. The van der Waals surface area contributed by atoms with Crippen LogP contribution in [0.15, 0.2) is 36.4 Å². The highest BCUT2D eigenvalue weighted by Gasteiger charge is 2.24. The van der Waals surface area contributed by atoms with Crippen LogP contribution in [0.2, 0.25) is 0 Å². The molecule has 1 aromatic carbocycles.